The third-order valence-corrected chi connectivity index (χ3v) is 2.63. The van der Waals surface area contributed by atoms with Crippen molar-refractivity contribution in [2.24, 2.45) is 0 Å². The van der Waals surface area contributed by atoms with Gasteiger partial charge in [0.05, 0.1) is 6.54 Å². The zero-order chi connectivity index (χ0) is 11.4. The van der Waals surface area contributed by atoms with Gasteiger partial charge < -0.3 is 10.2 Å². The van der Waals surface area contributed by atoms with Crippen LogP contribution in [0.2, 0.25) is 0 Å². The average molecular weight is 208 g/mol. The molecule has 82 valence electrons. The Kier molecular flexibility index (Phi) is 3.73. The van der Waals surface area contributed by atoms with Gasteiger partial charge in [0, 0.05) is 0 Å². The number of rotatable bonds is 3. The second kappa shape index (κ2) is 4.83. The van der Waals surface area contributed by atoms with Crippen LogP contribution in [0.15, 0.2) is 0 Å². The van der Waals surface area contributed by atoms with Crippen LogP contribution in [0.3, 0.4) is 0 Å². The minimum atomic E-state index is -0.409. The quantitative estimate of drug-likeness (QED) is 0.670. The van der Waals surface area contributed by atoms with Crippen molar-refractivity contribution in [3.05, 3.63) is 0 Å². The number of piperazine rings is 1. The molecule has 1 aliphatic heterocycles. The number of carbonyl (C=O) groups excluding carboxylic acids is 2. The van der Waals surface area contributed by atoms with Crippen molar-refractivity contribution < 1.29 is 9.59 Å². The van der Waals surface area contributed by atoms with Gasteiger partial charge in [0.15, 0.2) is 0 Å². The molecule has 0 radical (unpaired) electrons. The molecule has 0 saturated carbocycles. The Morgan fingerprint density at radius 1 is 1.40 bits per heavy atom. The highest BCUT2D eigenvalue weighted by atomic mass is 16.2. The summed E-state index contributed by atoms with van der Waals surface area (Å²) < 4.78 is 0. The molecule has 2 atom stereocenters. The number of terminal acetylenes is 1. The monoisotopic (exact) mass is 208 g/mol. The van der Waals surface area contributed by atoms with E-state index >= 15 is 0 Å². The Bertz CT molecular complexity index is 306. The van der Waals surface area contributed by atoms with Crippen LogP contribution >= 0.6 is 0 Å². The lowest BCUT2D eigenvalue weighted by Crippen LogP contribution is -2.62. The van der Waals surface area contributed by atoms with E-state index in [1.165, 1.54) is 4.90 Å². The fourth-order valence-corrected chi connectivity index (χ4v) is 1.79. The molecular formula is C11H16N2O2. The Hall–Kier alpha value is -1.50. The van der Waals surface area contributed by atoms with Crippen molar-refractivity contribution >= 4 is 11.8 Å². The maximum absolute atomic E-state index is 11.9. The van der Waals surface area contributed by atoms with Gasteiger partial charge >= 0.3 is 0 Å². The SMILES string of the molecule is C#CCN1C(=O)C(CC)NC(=O)C1CC. The van der Waals surface area contributed by atoms with Crippen molar-refractivity contribution in [3.63, 3.8) is 0 Å². The first kappa shape index (κ1) is 11.6. The van der Waals surface area contributed by atoms with Crippen molar-refractivity contribution in [1.29, 1.82) is 0 Å². The molecule has 1 fully saturated rings. The Labute approximate surface area is 90.0 Å². The van der Waals surface area contributed by atoms with Crippen LogP contribution in [0, 0.1) is 12.3 Å². The van der Waals surface area contributed by atoms with Crippen molar-refractivity contribution in [3.8, 4) is 12.3 Å². The molecule has 1 rings (SSSR count). The first-order chi connectivity index (χ1) is 7.15. The van der Waals surface area contributed by atoms with Gasteiger partial charge in [0.25, 0.3) is 0 Å². The number of carbonyl (C=O) groups is 2. The van der Waals surface area contributed by atoms with E-state index in [0.717, 1.165) is 0 Å². The maximum Gasteiger partial charge on any atom is 0.246 e. The summed E-state index contributed by atoms with van der Waals surface area (Å²) in [5.74, 6) is 2.26. The molecular weight excluding hydrogens is 192 g/mol. The van der Waals surface area contributed by atoms with E-state index in [1.807, 2.05) is 13.8 Å². The zero-order valence-electron chi connectivity index (χ0n) is 9.12. The highest BCUT2D eigenvalue weighted by molar-refractivity contribution is 5.97. The minimum absolute atomic E-state index is 0.0677. The third kappa shape index (κ3) is 2.12. The van der Waals surface area contributed by atoms with Gasteiger partial charge in [0.2, 0.25) is 11.8 Å². The van der Waals surface area contributed by atoms with Crippen LogP contribution in [0.4, 0.5) is 0 Å². The first-order valence-electron chi connectivity index (χ1n) is 5.20. The Balaban J connectivity index is 2.89. The normalized spacial score (nSPS) is 26.1. The van der Waals surface area contributed by atoms with Gasteiger partial charge in [-0.1, -0.05) is 19.8 Å². The molecule has 1 saturated heterocycles. The van der Waals surface area contributed by atoms with Gasteiger partial charge in [-0.05, 0) is 12.8 Å². The fourth-order valence-electron chi connectivity index (χ4n) is 1.79. The summed E-state index contributed by atoms with van der Waals surface area (Å²) in [5.41, 5.74) is 0. The topological polar surface area (TPSA) is 49.4 Å². The molecule has 1 aliphatic rings. The summed E-state index contributed by atoms with van der Waals surface area (Å²) in [6.07, 6.45) is 6.39. The largest absolute Gasteiger partial charge is 0.343 e. The van der Waals surface area contributed by atoms with Gasteiger partial charge in [-0.15, -0.1) is 6.42 Å². The molecule has 0 bridgehead atoms. The zero-order valence-corrected chi connectivity index (χ0v) is 9.12. The molecule has 1 heterocycles. The van der Waals surface area contributed by atoms with E-state index in [9.17, 15) is 9.59 Å². The van der Waals surface area contributed by atoms with E-state index in [-0.39, 0.29) is 18.4 Å². The minimum Gasteiger partial charge on any atom is -0.343 e. The van der Waals surface area contributed by atoms with E-state index in [0.29, 0.717) is 12.8 Å². The van der Waals surface area contributed by atoms with Gasteiger partial charge in [0.1, 0.15) is 12.1 Å². The molecule has 0 aromatic rings. The van der Waals surface area contributed by atoms with Crippen LogP contribution in [-0.2, 0) is 9.59 Å². The van der Waals surface area contributed by atoms with Crippen molar-refractivity contribution in [1.82, 2.24) is 10.2 Å². The molecule has 1 N–H and O–H groups in total. The van der Waals surface area contributed by atoms with Crippen molar-refractivity contribution in [2.45, 2.75) is 38.8 Å². The summed E-state index contributed by atoms with van der Waals surface area (Å²) in [6, 6.07) is -0.815. The number of hydrogen-bond acceptors (Lipinski definition) is 2. The lowest BCUT2D eigenvalue weighted by molar-refractivity contribution is -0.148. The smallest absolute Gasteiger partial charge is 0.246 e. The second-order valence-electron chi connectivity index (χ2n) is 3.56. The predicted octanol–water partition coefficient (Wildman–Crippen LogP) is 0.135. The Morgan fingerprint density at radius 2 is 2.07 bits per heavy atom. The van der Waals surface area contributed by atoms with E-state index < -0.39 is 12.1 Å². The highest BCUT2D eigenvalue weighted by Crippen LogP contribution is 2.13. The fraction of sp³-hybridized carbons (Fsp3) is 0.636. The predicted molar refractivity (Wildman–Crippen MR) is 56.8 cm³/mol. The second-order valence-corrected chi connectivity index (χ2v) is 3.56. The maximum atomic E-state index is 11.9. The summed E-state index contributed by atoms with van der Waals surface area (Å²) in [7, 11) is 0. The molecule has 2 unspecified atom stereocenters. The molecule has 2 amide bonds. The molecule has 0 aromatic carbocycles. The molecule has 15 heavy (non-hydrogen) atoms. The van der Waals surface area contributed by atoms with Crippen LogP contribution in [0.5, 0.6) is 0 Å². The van der Waals surface area contributed by atoms with Gasteiger partial charge in [-0.3, -0.25) is 9.59 Å². The molecule has 4 heteroatoms. The number of nitrogens with zero attached hydrogens (tertiary/aromatic N) is 1. The number of nitrogens with one attached hydrogen (secondary N) is 1. The average Bonchev–Trinajstić information content (AvgIpc) is 2.23. The van der Waals surface area contributed by atoms with E-state index in [2.05, 4.69) is 11.2 Å². The summed E-state index contributed by atoms with van der Waals surface area (Å²) in [4.78, 5) is 25.0. The van der Waals surface area contributed by atoms with Crippen LogP contribution in [0.25, 0.3) is 0 Å². The highest BCUT2D eigenvalue weighted by Gasteiger charge is 2.37. The first-order valence-corrected chi connectivity index (χ1v) is 5.20. The lowest BCUT2D eigenvalue weighted by atomic mass is 10.0. The number of hydrogen-bond donors (Lipinski definition) is 1. The van der Waals surface area contributed by atoms with Crippen molar-refractivity contribution in [2.75, 3.05) is 6.54 Å². The van der Waals surface area contributed by atoms with E-state index in [4.69, 9.17) is 6.42 Å². The molecule has 4 nitrogen and oxygen atoms in total. The lowest BCUT2D eigenvalue weighted by Gasteiger charge is -2.37. The standard InChI is InChI=1S/C11H16N2O2/c1-4-7-13-9(6-3)10(14)12-8(5-2)11(13)15/h1,8-9H,5-7H2,2-3H3,(H,12,14). The molecule has 0 aromatic heterocycles. The van der Waals surface area contributed by atoms with Crippen LogP contribution < -0.4 is 5.32 Å². The van der Waals surface area contributed by atoms with Crippen LogP contribution in [-0.4, -0.2) is 35.3 Å². The molecule has 0 aliphatic carbocycles. The van der Waals surface area contributed by atoms with Gasteiger partial charge in [-0.25, -0.2) is 0 Å². The summed E-state index contributed by atoms with van der Waals surface area (Å²) >= 11 is 0. The van der Waals surface area contributed by atoms with Crippen LogP contribution in [0.1, 0.15) is 26.7 Å². The van der Waals surface area contributed by atoms with E-state index in [1.54, 1.807) is 0 Å². The summed E-state index contributed by atoms with van der Waals surface area (Å²) in [5, 5.41) is 2.71. The third-order valence-electron chi connectivity index (χ3n) is 2.63. The molecule has 0 spiro atoms. The Morgan fingerprint density at radius 3 is 2.53 bits per heavy atom. The van der Waals surface area contributed by atoms with Gasteiger partial charge in [-0.2, -0.15) is 0 Å². The number of amides is 2. The summed E-state index contributed by atoms with van der Waals surface area (Å²) in [6.45, 7) is 3.94.